The van der Waals surface area contributed by atoms with Gasteiger partial charge in [0.1, 0.15) is 0 Å². The van der Waals surface area contributed by atoms with E-state index in [2.05, 4.69) is 10.2 Å². The molecular formula is C12H19N3O. The van der Waals surface area contributed by atoms with Crippen molar-refractivity contribution >= 4 is 5.91 Å². The van der Waals surface area contributed by atoms with Crippen molar-refractivity contribution in [1.29, 1.82) is 0 Å². The van der Waals surface area contributed by atoms with E-state index in [-0.39, 0.29) is 5.91 Å². The van der Waals surface area contributed by atoms with Gasteiger partial charge in [0.15, 0.2) is 0 Å². The van der Waals surface area contributed by atoms with Crippen molar-refractivity contribution in [3.8, 4) is 0 Å². The third-order valence-electron chi connectivity index (χ3n) is 3.20. The lowest BCUT2D eigenvalue weighted by Gasteiger charge is -2.24. The largest absolute Gasteiger partial charge is 0.339 e. The molecule has 0 unspecified atom stereocenters. The first-order chi connectivity index (χ1) is 7.79. The number of rotatable bonds is 1. The van der Waals surface area contributed by atoms with Gasteiger partial charge in [-0.05, 0) is 19.8 Å². The summed E-state index contributed by atoms with van der Waals surface area (Å²) in [6.45, 7) is 3.68. The summed E-state index contributed by atoms with van der Waals surface area (Å²) in [5.74, 6) is 0.133. The second-order valence-electron chi connectivity index (χ2n) is 4.47. The Balaban J connectivity index is 2.05. The first-order valence-corrected chi connectivity index (χ1v) is 6.08. The maximum absolute atomic E-state index is 12.2. The van der Waals surface area contributed by atoms with E-state index in [1.165, 1.54) is 19.3 Å². The number of likely N-dealkylation sites (tertiary alicyclic amines) is 1. The van der Waals surface area contributed by atoms with E-state index in [1.807, 2.05) is 11.8 Å². The zero-order valence-corrected chi connectivity index (χ0v) is 9.83. The van der Waals surface area contributed by atoms with Gasteiger partial charge < -0.3 is 4.90 Å². The Bertz CT molecular complexity index is 351. The van der Waals surface area contributed by atoms with Gasteiger partial charge in [-0.25, -0.2) is 0 Å². The molecule has 0 saturated carbocycles. The van der Waals surface area contributed by atoms with Crippen molar-refractivity contribution in [2.75, 3.05) is 13.1 Å². The lowest BCUT2D eigenvalue weighted by Crippen LogP contribution is -2.33. The van der Waals surface area contributed by atoms with Crippen LogP contribution in [0.5, 0.6) is 0 Å². The highest BCUT2D eigenvalue weighted by molar-refractivity contribution is 5.95. The van der Waals surface area contributed by atoms with Crippen molar-refractivity contribution in [1.82, 2.24) is 15.1 Å². The number of aryl methyl sites for hydroxylation is 1. The quantitative estimate of drug-likeness (QED) is 0.789. The van der Waals surface area contributed by atoms with E-state index >= 15 is 0 Å². The Morgan fingerprint density at radius 3 is 2.44 bits per heavy atom. The van der Waals surface area contributed by atoms with Gasteiger partial charge in [0.2, 0.25) is 0 Å². The van der Waals surface area contributed by atoms with Gasteiger partial charge in [0.25, 0.3) is 5.91 Å². The molecule has 16 heavy (non-hydrogen) atoms. The van der Waals surface area contributed by atoms with Crippen LogP contribution >= 0.6 is 0 Å². The lowest BCUT2D eigenvalue weighted by molar-refractivity contribution is 0.0742. The molecule has 4 nitrogen and oxygen atoms in total. The third-order valence-corrected chi connectivity index (χ3v) is 3.20. The zero-order valence-electron chi connectivity index (χ0n) is 9.83. The molecule has 1 aromatic rings. The second kappa shape index (κ2) is 5.14. The van der Waals surface area contributed by atoms with Crippen molar-refractivity contribution in [2.45, 2.75) is 39.0 Å². The first kappa shape index (κ1) is 11.2. The summed E-state index contributed by atoms with van der Waals surface area (Å²) in [5.41, 5.74) is 1.59. The molecule has 1 saturated heterocycles. The van der Waals surface area contributed by atoms with Crippen LogP contribution < -0.4 is 0 Å². The van der Waals surface area contributed by atoms with Gasteiger partial charge in [0, 0.05) is 18.8 Å². The highest BCUT2D eigenvalue weighted by Gasteiger charge is 2.19. The van der Waals surface area contributed by atoms with Gasteiger partial charge in [0.05, 0.1) is 11.8 Å². The minimum absolute atomic E-state index is 0.133. The number of nitrogens with one attached hydrogen (secondary N) is 1. The van der Waals surface area contributed by atoms with Crippen LogP contribution in [0, 0.1) is 6.92 Å². The Labute approximate surface area is 96.0 Å². The summed E-state index contributed by atoms with van der Waals surface area (Å²) in [7, 11) is 0. The van der Waals surface area contributed by atoms with E-state index in [9.17, 15) is 4.79 Å². The molecule has 0 atom stereocenters. The molecule has 1 N–H and O–H groups in total. The van der Waals surface area contributed by atoms with E-state index in [0.29, 0.717) is 0 Å². The number of hydrogen-bond donors (Lipinski definition) is 1. The fraction of sp³-hybridized carbons (Fsp3) is 0.667. The molecule has 4 heteroatoms. The number of aromatic amines is 1. The predicted octanol–water partition coefficient (Wildman–Crippen LogP) is 2.12. The van der Waals surface area contributed by atoms with Crippen LogP contribution in [0.2, 0.25) is 0 Å². The van der Waals surface area contributed by atoms with E-state index in [4.69, 9.17) is 0 Å². The average Bonchev–Trinajstić information content (AvgIpc) is 2.63. The van der Waals surface area contributed by atoms with Crippen LogP contribution in [-0.4, -0.2) is 34.1 Å². The molecule has 2 rings (SSSR count). The molecule has 0 aliphatic carbocycles. The molecule has 0 radical (unpaired) electrons. The average molecular weight is 221 g/mol. The van der Waals surface area contributed by atoms with Crippen LogP contribution in [0.25, 0.3) is 0 Å². The lowest BCUT2D eigenvalue weighted by atomic mass is 10.1. The summed E-state index contributed by atoms with van der Waals surface area (Å²) >= 11 is 0. The topological polar surface area (TPSA) is 49.0 Å². The molecular weight excluding hydrogens is 202 g/mol. The van der Waals surface area contributed by atoms with Gasteiger partial charge in [-0.15, -0.1) is 0 Å². The van der Waals surface area contributed by atoms with Crippen molar-refractivity contribution < 1.29 is 4.79 Å². The molecule has 0 spiro atoms. The van der Waals surface area contributed by atoms with E-state index in [0.717, 1.165) is 37.2 Å². The molecule has 88 valence electrons. The fourth-order valence-corrected chi connectivity index (χ4v) is 2.19. The summed E-state index contributed by atoms with van der Waals surface area (Å²) in [6.07, 6.45) is 7.69. The van der Waals surface area contributed by atoms with Gasteiger partial charge in [-0.2, -0.15) is 5.10 Å². The van der Waals surface area contributed by atoms with Crippen LogP contribution in [-0.2, 0) is 0 Å². The van der Waals surface area contributed by atoms with Crippen LogP contribution in [0.3, 0.4) is 0 Å². The molecule has 2 heterocycles. The number of aromatic nitrogens is 2. The van der Waals surface area contributed by atoms with Crippen LogP contribution in [0.1, 0.15) is 48.2 Å². The van der Waals surface area contributed by atoms with Gasteiger partial charge >= 0.3 is 0 Å². The summed E-state index contributed by atoms with van der Waals surface area (Å²) < 4.78 is 0. The monoisotopic (exact) mass is 221 g/mol. The Morgan fingerprint density at radius 1 is 1.25 bits per heavy atom. The minimum atomic E-state index is 0.133. The standard InChI is InChI=1S/C12H19N3O/c1-10-11(9-13-14-10)12(16)15-7-5-3-2-4-6-8-15/h9H,2-8H2,1H3,(H,13,14). The molecule has 1 amide bonds. The predicted molar refractivity (Wildman–Crippen MR) is 62.3 cm³/mol. The van der Waals surface area contributed by atoms with Crippen LogP contribution in [0.15, 0.2) is 6.20 Å². The van der Waals surface area contributed by atoms with Gasteiger partial charge in [-0.1, -0.05) is 19.3 Å². The molecule has 0 aromatic carbocycles. The maximum atomic E-state index is 12.2. The van der Waals surface area contributed by atoms with Crippen LogP contribution in [0.4, 0.5) is 0 Å². The number of amides is 1. The minimum Gasteiger partial charge on any atom is -0.339 e. The van der Waals surface area contributed by atoms with E-state index in [1.54, 1.807) is 6.20 Å². The SMILES string of the molecule is Cc1[nH]ncc1C(=O)N1CCCCCCC1. The number of nitrogens with zero attached hydrogens (tertiary/aromatic N) is 2. The summed E-state index contributed by atoms with van der Waals surface area (Å²) in [6, 6.07) is 0. The molecule has 1 fully saturated rings. The highest BCUT2D eigenvalue weighted by Crippen LogP contribution is 2.14. The number of carbonyl (C=O) groups is 1. The summed E-state index contributed by atoms with van der Waals surface area (Å²) in [4.78, 5) is 14.2. The maximum Gasteiger partial charge on any atom is 0.257 e. The Kier molecular flexibility index (Phi) is 3.59. The molecule has 0 bridgehead atoms. The number of hydrogen-bond acceptors (Lipinski definition) is 2. The zero-order chi connectivity index (χ0) is 11.4. The Morgan fingerprint density at radius 2 is 1.88 bits per heavy atom. The van der Waals surface area contributed by atoms with E-state index < -0.39 is 0 Å². The van der Waals surface area contributed by atoms with Crippen molar-refractivity contribution in [3.05, 3.63) is 17.5 Å². The smallest absolute Gasteiger partial charge is 0.257 e. The fourth-order valence-electron chi connectivity index (χ4n) is 2.19. The van der Waals surface area contributed by atoms with Crippen molar-refractivity contribution in [2.24, 2.45) is 0 Å². The normalized spacial score (nSPS) is 17.9. The van der Waals surface area contributed by atoms with Gasteiger partial charge in [-0.3, -0.25) is 9.89 Å². The number of carbonyl (C=O) groups excluding carboxylic acids is 1. The third kappa shape index (κ3) is 2.43. The number of H-pyrrole nitrogens is 1. The van der Waals surface area contributed by atoms with Crippen molar-refractivity contribution in [3.63, 3.8) is 0 Å². The molecule has 1 aliphatic rings. The first-order valence-electron chi connectivity index (χ1n) is 6.08. The molecule has 1 aliphatic heterocycles. The highest BCUT2D eigenvalue weighted by atomic mass is 16.2. The second-order valence-corrected chi connectivity index (χ2v) is 4.47. The Hall–Kier alpha value is -1.32. The molecule has 1 aromatic heterocycles. The summed E-state index contributed by atoms with van der Waals surface area (Å²) in [5, 5.41) is 6.73.